The van der Waals surface area contributed by atoms with Gasteiger partial charge in [0.25, 0.3) is 5.91 Å². The maximum Gasteiger partial charge on any atom is 0.267 e. The first kappa shape index (κ1) is 11.2. The van der Waals surface area contributed by atoms with E-state index >= 15 is 0 Å². The summed E-state index contributed by atoms with van der Waals surface area (Å²) in [7, 11) is 0. The third-order valence-corrected chi connectivity index (χ3v) is 2.26. The predicted octanol–water partition coefficient (Wildman–Crippen LogP) is 1.25. The third kappa shape index (κ3) is 2.34. The first-order valence-corrected chi connectivity index (χ1v) is 4.71. The summed E-state index contributed by atoms with van der Waals surface area (Å²) >= 11 is 0. The molecule has 0 aliphatic rings. The molecule has 80 valence electrons. The fourth-order valence-electron chi connectivity index (χ4n) is 1.28. The van der Waals surface area contributed by atoms with Gasteiger partial charge in [-0.3, -0.25) is 10.2 Å². The summed E-state index contributed by atoms with van der Waals surface area (Å²) in [6, 6.07) is 5.33. The van der Waals surface area contributed by atoms with Crippen molar-refractivity contribution in [1.29, 1.82) is 5.41 Å². The Morgan fingerprint density at radius 2 is 2.00 bits per heavy atom. The molecular weight excluding hydrogens is 190 g/mol. The molecule has 0 saturated heterocycles. The van der Waals surface area contributed by atoms with Crippen molar-refractivity contribution in [2.24, 2.45) is 5.73 Å². The highest BCUT2D eigenvalue weighted by molar-refractivity contribution is 6.44. The number of carbonyl (C=O) groups is 1. The van der Waals surface area contributed by atoms with E-state index in [2.05, 4.69) is 0 Å². The number of amides is 1. The minimum absolute atomic E-state index is 0.241. The SMILES string of the molecule is CC(C)c1ccc(N)c(C(=N)C(N)=O)c1. The average Bonchev–Trinajstić information content (AvgIpc) is 2.16. The molecule has 4 heteroatoms. The van der Waals surface area contributed by atoms with Gasteiger partial charge in [-0.05, 0) is 23.6 Å². The van der Waals surface area contributed by atoms with E-state index in [0.717, 1.165) is 5.56 Å². The molecule has 0 aromatic heterocycles. The number of benzene rings is 1. The monoisotopic (exact) mass is 205 g/mol. The first-order valence-electron chi connectivity index (χ1n) is 4.71. The number of carbonyl (C=O) groups excluding carboxylic acids is 1. The normalized spacial score (nSPS) is 10.3. The molecule has 4 nitrogen and oxygen atoms in total. The summed E-state index contributed by atoms with van der Waals surface area (Å²) < 4.78 is 0. The zero-order valence-corrected chi connectivity index (χ0v) is 8.87. The van der Waals surface area contributed by atoms with Crippen LogP contribution in [0.5, 0.6) is 0 Å². The lowest BCUT2D eigenvalue weighted by atomic mass is 9.97. The molecule has 0 fully saturated rings. The highest BCUT2D eigenvalue weighted by Crippen LogP contribution is 2.20. The van der Waals surface area contributed by atoms with Gasteiger partial charge >= 0.3 is 0 Å². The van der Waals surface area contributed by atoms with Crippen molar-refractivity contribution in [3.8, 4) is 0 Å². The summed E-state index contributed by atoms with van der Waals surface area (Å²) in [6.45, 7) is 4.06. The van der Waals surface area contributed by atoms with Crippen LogP contribution in [0.4, 0.5) is 5.69 Å². The van der Waals surface area contributed by atoms with Crippen LogP contribution in [-0.4, -0.2) is 11.6 Å². The van der Waals surface area contributed by atoms with Gasteiger partial charge in [0.15, 0.2) is 0 Å². The second kappa shape index (κ2) is 4.13. The Kier molecular flexibility index (Phi) is 3.09. The van der Waals surface area contributed by atoms with Gasteiger partial charge in [-0.2, -0.15) is 0 Å². The number of rotatable bonds is 3. The van der Waals surface area contributed by atoms with E-state index < -0.39 is 5.91 Å². The second-order valence-corrected chi connectivity index (χ2v) is 3.74. The van der Waals surface area contributed by atoms with Crippen molar-refractivity contribution in [2.45, 2.75) is 19.8 Å². The van der Waals surface area contributed by atoms with E-state index in [1.807, 2.05) is 19.9 Å². The standard InChI is InChI=1S/C11H15N3O/c1-6(2)7-3-4-9(12)8(5-7)10(13)11(14)15/h3-6,13H,12H2,1-2H3,(H2,14,15). The second-order valence-electron chi connectivity index (χ2n) is 3.74. The van der Waals surface area contributed by atoms with Gasteiger partial charge in [0, 0.05) is 11.3 Å². The van der Waals surface area contributed by atoms with E-state index in [0.29, 0.717) is 17.2 Å². The van der Waals surface area contributed by atoms with E-state index in [-0.39, 0.29) is 5.71 Å². The molecule has 1 aromatic rings. The van der Waals surface area contributed by atoms with Crippen LogP contribution in [-0.2, 0) is 4.79 Å². The lowest BCUT2D eigenvalue weighted by molar-refractivity contribution is -0.112. The number of hydrogen-bond acceptors (Lipinski definition) is 3. The molecule has 0 atom stereocenters. The number of anilines is 1. The van der Waals surface area contributed by atoms with Crippen LogP contribution in [0.2, 0.25) is 0 Å². The minimum Gasteiger partial charge on any atom is -0.398 e. The van der Waals surface area contributed by atoms with Crippen LogP contribution in [0.1, 0.15) is 30.9 Å². The van der Waals surface area contributed by atoms with Gasteiger partial charge in [0.05, 0.1) is 0 Å². The Morgan fingerprint density at radius 1 is 1.40 bits per heavy atom. The maximum absolute atomic E-state index is 10.9. The molecule has 15 heavy (non-hydrogen) atoms. The van der Waals surface area contributed by atoms with Crippen LogP contribution in [0.15, 0.2) is 18.2 Å². The molecule has 1 rings (SSSR count). The number of primary amides is 1. The molecule has 5 N–H and O–H groups in total. The van der Waals surface area contributed by atoms with Crippen LogP contribution in [0.25, 0.3) is 0 Å². The van der Waals surface area contributed by atoms with Crippen molar-refractivity contribution >= 4 is 17.3 Å². The number of hydrogen-bond donors (Lipinski definition) is 3. The molecule has 0 aliphatic heterocycles. The summed E-state index contributed by atoms with van der Waals surface area (Å²) in [5.74, 6) is -0.437. The highest BCUT2D eigenvalue weighted by atomic mass is 16.1. The zero-order valence-electron chi connectivity index (χ0n) is 8.87. The lowest BCUT2D eigenvalue weighted by Gasteiger charge is -2.10. The van der Waals surface area contributed by atoms with Gasteiger partial charge in [-0.25, -0.2) is 0 Å². The molecule has 0 bridgehead atoms. The molecule has 1 aromatic carbocycles. The van der Waals surface area contributed by atoms with Crippen LogP contribution >= 0.6 is 0 Å². The van der Waals surface area contributed by atoms with Gasteiger partial charge in [0.2, 0.25) is 0 Å². The molecular formula is C11H15N3O. The molecule has 0 aliphatic carbocycles. The van der Waals surface area contributed by atoms with Crippen LogP contribution < -0.4 is 11.5 Å². The molecule has 1 amide bonds. The summed E-state index contributed by atoms with van der Waals surface area (Å²) in [5, 5.41) is 7.51. The highest BCUT2D eigenvalue weighted by Gasteiger charge is 2.12. The van der Waals surface area contributed by atoms with E-state index in [1.54, 1.807) is 12.1 Å². The van der Waals surface area contributed by atoms with Gasteiger partial charge < -0.3 is 11.5 Å². The zero-order chi connectivity index (χ0) is 11.6. The fraction of sp³-hybridized carbons (Fsp3) is 0.273. The van der Waals surface area contributed by atoms with Gasteiger partial charge in [-0.15, -0.1) is 0 Å². The number of nitrogens with two attached hydrogens (primary N) is 2. The third-order valence-electron chi connectivity index (χ3n) is 2.26. The average molecular weight is 205 g/mol. The van der Waals surface area contributed by atoms with Crippen LogP contribution in [0.3, 0.4) is 0 Å². The van der Waals surface area contributed by atoms with Crippen molar-refractivity contribution in [3.63, 3.8) is 0 Å². The lowest BCUT2D eigenvalue weighted by Crippen LogP contribution is -2.24. The minimum atomic E-state index is -0.761. The Morgan fingerprint density at radius 3 is 2.47 bits per heavy atom. The van der Waals surface area contributed by atoms with E-state index in [1.165, 1.54) is 0 Å². The molecule has 0 saturated carbocycles. The predicted molar refractivity (Wildman–Crippen MR) is 61.0 cm³/mol. The topological polar surface area (TPSA) is 93.0 Å². The largest absolute Gasteiger partial charge is 0.398 e. The van der Waals surface area contributed by atoms with Gasteiger partial charge in [0.1, 0.15) is 5.71 Å². The number of nitrogens with one attached hydrogen (secondary N) is 1. The van der Waals surface area contributed by atoms with Crippen LogP contribution in [0, 0.1) is 5.41 Å². The van der Waals surface area contributed by atoms with Crippen molar-refractivity contribution in [2.75, 3.05) is 5.73 Å². The fourth-order valence-corrected chi connectivity index (χ4v) is 1.28. The summed E-state index contributed by atoms with van der Waals surface area (Å²) in [5.41, 5.74) is 12.3. The summed E-state index contributed by atoms with van der Waals surface area (Å²) in [4.78, 5) is 10.9. The quantitative estimate of drug-likeness (QED) is 0.511. The Labute approximate surface area is 88.8 Å². The molecule has 0 spiro atoms. The molecule has 0 heterocycles. The van der Waals surface area contributed by atoms with Crippen molar-refractivity contribution in [3.05, 3.63) is 29.3 Å². The Hall–Kier alpha value is -1.84. The molecule has 0 radical (unpaired) electrons. The summed E-state index contributed by atoms with van der Waals surface area (Å²) in [6.07, 6.45) is 0. The van der Waals surface area contributed by atoms with Crippen molar-refractivity contribution in [1.82, 2.24) is 0 Å². The molecule has 0 unspecified atom stereocenters. The smallest absolute Gasteiger partial charge is 0.267 e. The van der Waals surface area contributed by atoms with Gasteiger partial charge in [-0.1, -0.05) is 19.9 Å². The van der Waals surface area contributed by atoms with Crippen molar-refractivity contribution < 1.29 is 4.79 Å². The van der Waals surface area contributed by atoms with E-state index in [4.69, 9.17) is 16.9 Å². The van der Waals surface area contributed by atoms with E-state index in [9.17, 15) is 4.79 Å². The Bertz CT molecular complexity index is 410. The maximum atomic E-state index is 10.9. The first-order chi connectivity index (χ1) is 6.93. The number of nitrogen functional groups attached to an aromatic ring is 1. The Balaban J connectivity index is 3.22.